The van der Waals surface area contributed by atoms with Gasteiger partial charge in [-0.25, -0.2) is 9.59 Å². The Hall–Kier alpha value is -2.52. The zero-order valence-corrected chi connectivity index (χ0v) is 10.9. The average molecular weight is 299 g/mol. The van der Waals surface area contributed by atoms with Gasteiger partial charge >= 0.3 is 11.9 Å². The monoisotopic (exact) mass is 299 g/mol. The summed E-state index contributed by atoms with van der Waals surface area (Å²) in [4.78, 5) is 33.3. The second-order valence-electron chi connectivity index (χ2n) is 3.74. The fraction of sp³-hybridized carbons (Fsp3) is 0.333. The lowest BCUT2D eigenvalue weighted by Crippen LogP contribution is -2.13. The van der Waals surface area contributed by atoms with Gasteiger partial charge in [0.15, 0.2) is 0 Å². The summed E-state index contributed by atoms with van der Waals surface area (Å²) in [5, 5.41) is 27.9. The van der Waals surface area contributed by atoms with E-state index in [1.54, 1.807) is 0 Å². The lowest BCUT2D eigenvalue weighted by molar-refractivity contribution is -0.384. The molecule has 9 heteroatoms. The van der Waals surface area contributed by atoms with Crippen molar-refractivity contribution in [2.75, 3.05) is 26.4 Å². The molecule has 1 aromatic carbocycles. The van der Waals surface area contributed by atoms with Crippen molar-refractivity contribution in [1.82, 2.24) is 0 Å². The van der Waals surface area contributed by atoms with E-state index >= 15 is 0 Å². The van der Waals surface area contributed by atoms with E-state index in [0.29, 0.717) is 0 Å². The summed E-state index contributed by atoms with van der Waals surface area (Å²) in [6.45, 7) is -1.34. The van der Waals surface area contributed by atoms with Crippen molar-refractivity contribution < 1.29 is 34.2 Å². The van der Waals surface area contributed by atoms with Gasteiger partial charge in [-0.05, 0) is 6.07 Å². The molecule has 0 fully saturated rings. The number of aliphatic hydroxyl groups excluding tert-OH is 2. The van der Waals surface area contributed by atoms with Gasteiger partial charge in [0.1, 0.15) is 13.2 Å². The Labute approximate surface area is 118 Å². The molecule has 0 heterocycles. The van der Waals surface area contributed by atoms with Crippen LogP contribution in [0.2, 0.25) is 0 Å². The quantitative estimate of drug-likeness (QED) is 0.404. The van der Waals surface area contributed by atoms with Crippen LogP contribution in [0.4, 0.5) is 5.69 Å². The number of esters is 2. The standard InChI is InChI=1S/C12H13NO8/c14-1-3-20-11(16)8-5-9(12(17)21-4-2-15)7-10(6-8)13(18)19/h5-7,14-15H,1-4H2. The van der Waals surface area contributed by atoms with Gasteiger partial charge in [0.25, 0.3) is 5.69 Å². The highest BCUT2D eigenvalue weighted by Gasteiger charge is 2.19. The summed E-state index contributed by atoms with van der Waals surface area (Å²) >= 11 is 0. The Morgan fingerprint density at radius 1 is 1.00 bits per heavy atom. The number of non-ortho nitro benzene ring substituents is 1. The van der Waals surface area contributed by atoms with Crippen LogP contribution in [0.1, 0.15) is 20.7 Å². The number of nitro groups is 1. The number of carbonyl (C=O) groups excluding carboxylic acids is 2. The number of nitrogens with zero attached hydrogens (tertiary/aromatic N) is 1. The number of nitro benzene ring substituents is 1. The number of aliphatic hydroxyl groups is 2. The number of benzene rings is 1. The number of hydrogen-bond donors (Lipinski definition) is 2. The topological polar surface area (TPSA) is 136 Å². The first-order chi connectivity index (χ1) is 9.99. The summed E-state index contributed by atoms with van der Waals surface area (Å²) in [6.07, 6.45) is 0. The van der Waals surface area contributed by atoms with E-state index in [1.807, 2.05) is 0 Å². The van der Waals surface area contributed by atoms with Crippen LogP contribution in [0.25, 0.3) is 0 Å². The van der Waals surface area contributed by atoms with Crippen LogP contribution in [0, 0.1) is 10.1 Å². The molecule has 0 saturated carbocycles. The minimum atomic E-state index is -0.913. The van der Waals surface area contributed by atoms with E-state index < -0.39 is 35.8 Å². The first kappa shape index (κ1) is 16.5. The fourth-order valence-corrected chi connectivity index (χ4v) is 1.40. The molecule has 0 aliphatic heterocycles. The molecule has 0 aliphatic rings. The van der Waals surface area contributed by atoms with Gasteiger partial charge in [0.05, 0.1) is 29.3 Å². The molecule has 0 amide bonds. The van der Waals surface area contributed by atoms with Crippen molar-refractivity contribution in [2.24, 2.45) is 0 Å². The lowest BCUT2D eigenvalue weighted by atomic mass is 10.1. The maximum Gasteiger partial charge on any atom is 0.338 e. The Kier molecular flexibility index (Phi) is 6.24. The Bertz CT molecular complexity index is 504. The van der Waals surface area contributed by atoms with Gasteiger partial charge in [0.2, 0.25) is 0 Å². The molecular formula is C12H13NO8. The van der Waals surface area contributed by atoms with Crippen LogP contribution >= 0.6 is 0 Å². The van der Waals surface area contributed by atoms with Crippen molar-refractivity contribution in [1.29, 1.82) is 0 Å². The van der Waals surface area contributed by atoms with Gasteiger partial charge < -0.3 is 19.7 Å². The molecule has 0 atom stereocenters. The third-order valence-corrected chi connectivity index (χ3v) is 2.25. The van der Waals surface area contributed by atoms with E-state index in [2.05, 4.69) is 9.47 Å². The molecule has 0 spiro atoms. The van der Waals surface area contributed by atoms with Gasteiger partial charge in [-0.1, -0.05) is 0 Å². The molecule has 21 heavy (non-hydrogen) atoms. The van der Waals surface area contributed by atoms with Crippen molar-refractivity contribution in [3.05, 3.63) is 39.4 Å². The van der Waals surface area contributed by atoms with Crippen molar-refractivity contribution in [3.8, 4) is 0 Å². The van der Waals surface area contributed by atoms with Crippen molar-refractivity contribution in [2.45, 2.75) is 0 Å². The summed E-state index contributed by atoms with van der Waals surface area (Å²) in [5.41, 5.74) is -0.911. The SMILES string of the molecule is O=C(OCCO)c1cc(C(=O)OCCO)cc([N+](=O)[O-])c1. The fourth-order valence-electron chi connectivity index (χ4n) is 1.40. The molecular weight excluding hydrogens is 286 g/mol. The zero-order valence-electron chi connectivity index (χ0n) is 10.9. The summed E-state index contributed by atoms with van der Waals surface area (Å²) in [7, 11) is 0. The third-order valence-electron chi connectivity index (χ3n) is 2.25. The normalized spacial score (nSPS) is 10.0. The first-order valence-electron chi connectivity index (χ1n) is 5.85. The van der Waals surface area contributed by atoms with Crippen LogP contribution in [-0.2, 0) is 9.47 Å². The van der Waals surface area contributed by atoms with E-state index in [4.69, 9.17) is 10.2 Å². The molecule has 0 aromatic heterocycles. The molecule has 114 valence electrons. The Morgan fingerprint density at radius 2 is 1.43 bits per heavy atom. The van der Waals surface area contributed by atoms with E-state index in [-0.39, 0.29) is 24.3 Å². The molecule has 2 N–H and O–H groups in total. The summed E-state index contributed by atoms with van der Waals surface area (Å²) in [5.74, 6) is -1.83. The number of rotatable bonds is 7. The number of ether oxygens (including phenoxy) is 2. The van der Waals surface area contributed by atoms with Crippen LogP contribution in [0.5, 0.6) is 0 Å². The van der Waals surface area contributed by atoms with Crippen molar-refractivity contribution >= 4 is 17.6 Å². The van der Waals surface area contributed by atoms with Gasteiger partial charge in [-0.2, -0.15) is 0 Å². The molecule has 9 nitrogen and oxygen atoms in total. The average Bonchev–Trinajstić information content (AvgIpc) is 2.49. The molecule has 1 rings (SSSR count). The highest BCUT2D eigenvalue weighted by atomic mass is 16.6. The molecule has 0 saturated heterocycles. The molecule has 1 aromatic rings. The summed E-state index contributed by atoms with van der Waals surface area (Å²) < 4.78 is 9.25. The number of carbonyl (C=O) groups is 2. The largest absolute Gasteiger partial charge is 0.460 e. The van der Waals surface area contributed by atoms with E-state index in [1.165, 1.54) is 0 Å². The number of hydrogen-bond acceptors (Lipinski definition) is 8. The lowest BCUT2D eigenvalue weighted by Gasteiger charge is -2.06. The highest BCUT2D eigenvalue weighted by molar-refractivity contribution is 5.96. The maximum atomic E-state index is 11.6. The van der Waals surface area contributed by atoms with Gasteiger partial charge in [-0.15, -0.1) is 0 Å². The van der Waals surface area contributed by atoms with E-state index in [0.717, 1.165) is 18.2 Å². The third kappa shape index (κ3) is 4.82. The molecule has 0 radical (unpaired) electrons. The molecule has 0 unspecified atom stereocenters. The summed E-state index contributed by atoms with van der Waals surface area (Å²) in [6, 6.07) is 2.97. The van der Waals surface area contributed by atoms with E-state index in [9.17, 15) is 19.7 Å². The minimum absolute atomic E-state index is 0.214. The maximum absolute atomic E-state index is 11.6. The predicted octanol–water partition coefficient (Wildman–Crippen LogP) is -0.107. The Balaban J connectivity index is 3.08. The van der Waals surface area contributed by atoms with Crippen molar-refractivity contribution in [3.63, 3.8) is 0 Å². The molecule has 0 bridgehead atoms. The Morgan fingerprint density at radius 3 is 1.76 bits per heavy atom. The highest BCUT2D eigenvalue weighted by Crippen LogP contribution is 2.19. The van der Waals surface area contributed by atoms with Crippen LogP contribution in [-0.4, -0.2) is 53.5 Å². The van der Waals surface area contributed by atoms with Crippen LogP contribution in [0.15, 0.2) is 18.2 Å². The zero-order chi connectivity index (χ0) is 15.8. The van der Waals surface area contributed by atoms with Crippen LogP contribution in [0.3, 0.4) is 0 Å². The second-order valence-corrected chi connectivity index (χ2v) is 3.74. The smallest absolute Gasteiger partial charge is 0.338 e. The van der Waals surface area contributed by atoms with Crippen LogP contribution < -0.4 is 0 Å². The first-order valence-corrected chi connectivity index (χ1v) is 5.85. The molecule has 0 aliphatic carbocycles. The minimum Gasteiger partial charge on any atom is -0.460 e. The van der Waals surface area contributed by atoms with Gasteiger partial charge in [-0.3, -0.25) is 10.1 Å². The second kappa shape index (κ2) is 7.92. The predicted molar refractivity (Wildman–Crippen MR) is 67.8 cm³/mol. The van der Waals surface area contributed by atoms with Gasteiger partial charge in [0, 0.05) is 12.1 Å².